The lowest BCUT2D eigenvalue weighted by molar-refractivity contribution is -0.117. The molecule has 2 saturated heterocycles. The van der Waals surface area contributed by atoms with Crippen LogP contribution >= 0.6 is 0 Å². The van der Waals surface area contributed by atoms with E-state index in [4.69, 9.17) is 4.74 Å². The molecule has 6 heteroatoms. The Kier molecular flexibility index (Phi) is 6.55. The van der Waals surface area contributed by atoms with Crippen LogP contribution in [0.5, 0.6) is 5.75 Å². The molecule has 1 atom stereocenters. The highest BCUT2D eigenvalue weighted by Gasteiger charge is 2.23. The van der Waals surface area contributed by atoms with Crippen molar-refractivity contribution >= 4 is 29.3 Å². The Bertz CT molecular complexity index is 955. The highest BCUT2D eigenvalue weighted by molar-refractivity contribution is 5.95. The quantitative estimate of drug-likeness (QED) is 0.727. The normalized spacial score (nSPS) is 19.1. The highest BCUT2D eigenvalue weighted by Crippen LogP contribution is 2.30. The van der Waals surface area contributed by atoms with Gasteiger partial charge in [0.1, 0.15) is 5.75 Å². The van der Waals surface area contributed by atoms with E-state index in [1.807, 2.05) is 53.4 Å². The van der Waals surface area contributed by atoms with Gasteiger partial charge in [0.25, 0.3) is 0 Å². The fourth-order valence-corrected chi connectivity index (χ4v) is 4.31. The van der Waals surface area contributed by atoms with Gasteiger partial charge in [0, 0.05) is 43.9 Å². The predicted octanol–water partition coefficient (Wildman–Crippen LogP) is 3.62. The number of amides is 2. The second-order valence-corrected chi connectivity index (χ2v) is 8.04. The summed E-state index contributed by atoms with van der Waals surface area (Å²) in [6, 6.07) is 15.8. The van der Waals surface area contributed by atoms with Crippen molar-refractivity contribution in [2.75, 3.05) is 36.5 Å². The van der Waals surface area contributed by atoms with Crippen molar-refractivity contribution < 1.29 is 14.3 Å². The molecule has 6 nitrogen and oxygen atoms in total. The second-order valence-electron chi connectivity index (χ2n) is 8.04. The maximum atomic E-state index is 12.5. The van der Waals surface area contributed by atoms with E-state index in [0.29, 0.717) is 6.42 Å². The van der Waals surface area contributed by atoms with E-state index in [9.17, 15) is 9.59 Å². The third-order valence-corrected chi connectivity index (χ3v) is 5.90. The van der Waals surface area contributed by atoms with Gasteiger partial charge in [-0.3, -0.25) is 9.59 Å². The molecular weight excluding hydrogens is 390 g/mol. The van der Waals surface area contributed by atoms with Gasteiger partial charge in [0.05, 0.1) is 12.8 Å². The van der Waals surface area contributed by atoms with Crippen LogP contribution in [0.2, 0.25) is 0 Å². The van der Waals surface area contributed by atoms with Gasteiger partial charge in [0.2, 0.25) is 11.8 Å². The van der Waals surface area contributed by atoms with Gasteiger partial charge >= 0.3 is 0 Å². The van der Waals surface area contributed by atoms with Gasteiger partial charge in [-0.1, -0.05) is 24.3 Å². The Morgan fingerprint density at radius 1 is 1.10 bits per heavy atom. The van der Waals surface area contributed by atoms with Crippen LogP contribution < -0.4 is 19.9 Å². The van der Waals surface area contributed by atoms with Gasteiger partial charge in [-0.2, -0.15) is 0 Å². The SMILES string of the molecule is COc1ccccc1N1CCCC(NC(=O)/C=C/c2ccc(N3CCCC3=O)cc2)C1. The van der Waals surface area contributed by atoms with Gasteiger partial charge in [-0.15, -0.1) is 0 Å². The molecule has 4 rings (SSSR count). The minimum atomic E-state index is -0.0920. The fraction of sp³-hybridized carbons (Fsp3) is 0.360. The number of methoxy groups -OCH3 is 1. The minimum absolute atomic E-state index is 0.0920. The van der Waals surface area contributed by atoms with Gasteiger partial charge in [0.15, 0.2) is 0 Å². The molecule has 1 N–H and O–H groups in total. The first kappa shape index (κ1) is 21.0. The number of hydrogen-bond donors (Lipinski definition) is 1. The number of hydrogen-bond acceptors (Lipinski definition) is 4. The van der Waals surface area contributed by atoms with Crippen LogP contribution in [0.3, 0.4) is 0 Å². The number of carbonyl (C=O) groups is 2. The van der Waals surface area contributed by atoms with E-state index in [-0.39, 0.29) is 17.9 Å². The van der Waals surface area contributed by atoms with Crippen molar-refractivity contribution in [2.45, 2.75) is 31.7 Å². The number of ether oxygens (including phenoxy) is 1. The summed E-state index contributed by atoms with van der Waals surface area (Å²) in [5, 5.41) is 3.13. The monoisotopic (exact) mass is 419 g/mol. The molecule has 0 aromatic heterocycles. The summed E-state index contributed by atoms with van der Waals surface area (Å²) in [5.41, 5.74) is 2.92. The van der Waals surface area contributed by atoms with Crippen LogP contribution in [0.15, 0.2) is 54.6 Å². The van der Waals surface area contributed by atoms with Crippen LogP contribution in [0.25, 0.3) is 6.08 Å². The Balaban J connectivity index is 1.33. The maximum Gasteiger partial charge on any atom is 0.244 e. The molecule has 0 aliphatic carbocycles. The number of piperidine rings is 1. The molecule has 2 aliphatic heterocycles. The summed E-state index contributed by atoms with van der Waals surface area (Å²) in [4.78, 5) is 28.4. The Morgan fingerprint density at radius 2 is 1.90 bits per heavy atom. The second kappa shape index (κ2) is 9.69. The molecular formula is C25H29N3O3. The molecule has 0 radical (unpaired) electrons. The lowest BCUT2D eigenvalue weighted by Gasteiger charge is -2.35. The minimum Gasteiger partial charge on any atom is -0.495 e. The number of carbonyl (C=O) groups excluding carboxylic acids is 2. The van der Waals surface area contributed by atoms with E-state index in [2.05, 4.69) is 16.3 Å². The third kappa shape index (κ3) is 5.08. The molecule has 2 heterocycles. The molecule has 2 fully saturated rings. The molecule has 0 bridgehead atoms. The first-order valence-electron chi connectivity index (χ1n) is 10.9. The third-order valence-electron chi connectivity index (χ3n) is 5.90. The predicted molar refractivity (Wildman–Crippen MR) is 123 cm³/mol. The molecule has 2 aliphatic rings. The molecule has 162 valence electrons. The van der Waals surface area contributed by atoms with E-state index < -0.39 is 0 Å². The Morgan fingerprint density at radius 3 is 2.65 bits per heavy atom. The van der Waals surface area contributed by atoms with Gasteiger partial charge < -0.3 is 19.9 Å². The average molecular weight is 420 g/mol. The van der Waals surface area contributed by atoms with E-state index in [0.717, 1.165) is 61.6 Å². The number of nitrogens with one attached hydrogen (secondary N) is 1. The molecule has 31 heavy (non-hydrogen) atoms. The largest absolute Gasteiger partial charge is 0.495 e. The number of benzene rings is 2. The van der Waals surface area contributed by atoms with Crippen LogP contribution in [0.4, 0.5) is 11.4 Å². The summed E-state index contributed by atoms with van der Waals surface area (Å²) >= 11 is 0. The topological polar surface area (TPSA) is 61.9 Å². The molecule has 2 aromatic rings. The average Bonchev–Trinajstić information content (AvgIpc) is 3.24. The van der Waals surface area contributed by atoms with E-state index in [1.165, 1.54) is 0 Å². The van der Waals surface area contributed by atoms with Crippen molar-refractivity contribution in [3.05, 3.63) is 60.2 Å². The van der Waals surface area contributed by atoms with Crippen LogP contribution in [-0.4, -0.2) is 44.6 Å². The van der Waals surface area contributed by atoms with Crippen molar-refractivity contribution in [3.63, 3.8) is 0 Å². The molecule has 0 saturated carbocycles. The van der Waals surface area contributed by atoms with Crippen LogP contribution in [0.1, 0.15) is 31.2 Å². The van der Waals surface area contributed by atoms with Crippen molar-refractivity contribution in [2.24, 2.45) is 0 Å². The molecule has 1 unspecified atom stereocenters. The van der Waals surface area contributed by atoms with E-state index >= 15 is 0 Å². The molecule has 0 spiro atoms. The number of anilines is 2. The zero-order chi connectivity index (χ0) is 21.6. The lowest BCUT2D eigenvalue weighted by Crippen LogP contribution is -2.47. The Hall–Kier alpha value is -3.28. The number of rotatable bonds is 6. The summed E-state index contributed by atoms with van der Waals surface area (Å²) in [7, 11) is 1.68. The summed E-state index contributed by atoms with van der Waals surface area (Å²) in [6.07, 6.45) is 6.91. The summed E-state index contributed by atoms with van der Waals surface area (Å²) < 4.78 is 5.49. The molecule has 2 amide bonds. The number of nitrogens with zero attached hydrogens (tertiary/aromatic N) is 2. The maximum absolute atomic E-state index is 12.5. The van der Waals surface area contributed by atoms with E-state index in [1.54, 1.807) is 13.2 Å². The zero-order valence-corrected chi connectivity index (χ0v) is 17.9. The fourth-order valence-electron chi connectivity index (χ4n) is 4.31. The van der Waals surface area contributed by atoms with Crippen LogP contribution in [-0.2, 0) is 9.59 Å². The van der Waals surface area contributed by atoms with Crippen molar-refractivity contribution in [3.8, 4) is 5.75 Å². The lowest BCUT2D eigenvalue weighted by atomic mass is 10.0. The summed E-state index contributed by atoms with van der Waals surface area (Å²) in [6.45, 7) is 2.50. The first-order valence-corrected chi connectivity index (χ1v) is 10.9. The number of para-hydroxylation sites is 2. The van der Waals surface area contributed by atoms with Crippen molar-refractivity contribution in [1.82, 2.24) is 5.32 Å². The highest BCUT2D eigenvalue weighted by atomic mass is 16.5. The van der Waals surface area contributed by atoms with Gasteiger partial charge in [-0.05, 0) is 55.2 Å². The van der Waals surface area contributed by atoms with Crippen molar-refractivity contribution in [1.29, 1.82) is 0 Å². The zero-order valence-electron chi connectivity index (χ0n) is 17.9. The summed E-state index contributed by atoms with van der Waals surface area (Å²) in [5.74, 6) is 0.941. The Labute approximate surface area is 183 Å². The molecule has 2 aromatic carbocycles. The van der Waals surface area contributed by atoms with Crippen LogP contribution in [0, 0.1) is 0 Å². The standard InChI is InChI=1S/C25H29N3O3/c1-31-23-8-3-2-7-22(23)27-16-4-6-20(18-27)26-24(29)15-12-19-10-13-21(14-11-19)28-17-5-9-25(28)30/h2-3,7-8,10-15,20H,4-6,9,16-18H2,1H3,(H,26,29)/b15-12+. The van der Waals surface area contributed by atoms with Gasteiger partial charge in [-0.25, -0.2) is 0 Å². The smallest absolute Gasteiger partial charge is 0.244 e. The first-order chi connectivity index (χ1) is 15.1.